The van der Waals surface area contributed by atoms with E-state index in [2.05, 4.69) is 4.98 Å². The first-order valence-electron chi connectivity index (χ1n) is 11.0. The van der Waals surface area contributed by atoms with Gasteiger partial charge in [0.05, 0.1) is 20.4 Å². The molecule has 0 saturated carbocycles. The van der Waals surface area contributed by atoms with E-state index in [0.29, 0.717) is 61.3 Å². The van der Waals surface area contributed by atoms with Gasteiger partial charge in [-0.3, -0.25) is 9.59 Å². The maximum atomic E-state index is 13.1. The molecule has 0 aliphatic carbocycles. The van der Waals surface area contributed by atoms with Gasteiger partial charge in [0.15, 0.2) is 23.1 Å². The number of nitrogens with zero attached hydrogens (tertiary/aromatic N) is 3. The van der Waals surface area contributed by atoms with Gasteiger partial charge in [0.25, 0.3) is 5.91 Å². The molecule has 2 amide bonds. The topological polar surface area (TPSA) is 85.1 Å². The van der Waals surface area contributed by atoms with E-state index in [0.717, 1.165) is 5.56 Å². The van der Waals surface area contributed by atoms with E-state index in [-0.39, 0.29) is 24.1 Å². The molecule has 2 aromatic carbocycles. The number of halogens is 1. The van der Waals surface area contributed by atoms with Crippen LogP contribution in [0.5, 0.6) is 11.5 Å². The molecule has 1 saturated heterocycles. The Morgan fingerprint density at radius 1 is 0.971 bits per heavy atom. The van der Waals surface area contributed by atoms with Crippen LogP contribution in [0.1, 0.15) is 22.7 Å². The lowest BCUT2D eigenvalue weighted by Crippen LogP contribution is -2.50. The van der Waals surface area contributed by atoms with Crippen molar-refractivity contribution in [2.24, 2.45) is 0 Å². The zero-order valence-corrected chi connectivity index (χ0v) is 19.1. The van der Waals surface area contributed by atoms with Crippen molar-refractivity contribution in [2.75, 3.05) is 40.4 Å². The third-order valence-corrected chi connectivity index (χ3v) is 5.79. The summed E-state index contributed by atoms with van der Waals surface area (Å²) in [6.45, 7) is 1.83. The molecule has 8 nitrogen and oxygen atoms in total. The number of hydrogen-bond acceptors (Lipinski definition) is 6. The Hall–Kier alpha value is -3.88. The Morgan fingerprint density at radius 2 is 1.65 bits per heavy atom. The second-order valence-electron chi connectivity index (χ2n) is 7.87. The summed E-state index contributed by atoms with van der Waals surface area (Å²) in [6.07, 6.45) is 2.20. The fourth-order valence-corrected chi connectivity index (χ4v) is 3.86. The van der Waals surface area contributed by atoms with Gasteiger partial charge in [-0.1, -0.05) is 0 Å². The number of aryl methyl sites for hydroxylation is 1. The molecule has 0 unspecified atom stereocenters. The van der Waals surface area contributed by atoms with E-state index < -0.39 is 0 Å². The van der Waals surface area contributed by atoms with Crippen molar-refractivity contribution in [3.8, 4) is 22.8 Å². The van der Waals surface area contributed by atoms with Crippen LogP contribution in [0.25, 0.3) is 11.3 Å². The molecule has 0 spiro atoms. The first-order chi connectivity index (χ1) is 16.5. The highest BCUT2D eigenvalue weighted by Crippen LogP contribution is 2.28. The smallest absolute Gasteiger partial charge is 0.254 e. The van der Waals surface area contributed by atoms with Crippen molar-refractivity contribution in [1.82, 2.24) is 14.8 Å². The molecule has 1 aliphatic rings. The van der Waals surface area contributed by atoms with Crippen molar-refractivity contribution in [3.05, 3.63) is 65.9 Å². The predicted molar refractivity (Wildman–Crippen MR) is 122 cm³/mol. The van der Waals surface area contributed by atoms with Gasteiger partial charge in [0.1, 0.15) is 5.82 Å². The Morgan fingerprint density at radius 3 is 2.32 bits per heavy atom. The van der Waals surface area contributed by atoms with Crippen LogP contribution in [0.3, 0.4) is 0 Å². The van der Waals surface area contributed by atoms with Gasteiger partial charge >= 0.3 is 0 Å². The van der Waals surface area contributed by atoms with Gasteiger partial charge in [-0.25, -0.2) is 9.37 Å². The number of rotatable bonds is 7. The number of oxazole rings is 1. The summed E-state index contributed by atoms with van der Waals surface area (Å²) in [5.41, 5.74) is 1.24. The summed E-state index contributed by atoms with van der Waals surface area (Å²) in [5.74, 6) is 1.60. The predicted octanol–water partition coefficient (Wildman–Crippen LogP) is 3.42. The summed E-state index contributed by atoms with van der Waals surface area (Å²) in [4.78, 5) is 33.3. The van der Waals surface area contributed by atoms with E-state index in [4.69, 9.17) is 13.9 Å². The molecule has 0 radical (unpaired) electrons. The fourth-order valence-electron chi connectivity index (χ4n) is 3.86. The number of aromatic nitrogens is 1. The monoisotopic (exact) mass is 467 g/mol. The lowest BCUT2D eigenvalue weighted by molar-refractivity contribution is -0.132. The zero-order valence-electron chi connectivity index (χ0n) is 19.1. The fraction of sp³-hybridized carbons (Fsp3) is 0.320. The van der Waals surface area contributed by atoms with Crippen molar-refractivity contribution in [2.45, 2.75) is 12.8 Å². The normalized spacial score (nSPS) is 13.6. The van der Waals surface area contributed by atoms with Crippen LogP contribution in [-0.4, -0.2) is 67.0 Å². The van der Waals surface area contributed by atoms with Crippen molar-refractivity contribution < 1.29 is 27.9 Å². The minimum Gasteiger partial charge on any atom is -0.493 e. The number of benzene rings is 2. The molecule has 1 fully saturated rings. The van der Waals surface area contributed by atoms with Gasteiger partial charge in [-0.05, 0) is 42.5 Å². The molecule has 4 rings (SSSR count). The maximum absolute atomic E-state index is 13.1. The molecule has 178 valence electrons. The zero-order chi connectivity index (χ0) is 24.1. The van der Waals surface area contributed by atoms with Crippen LogP contribution < -0.4 is 9.47 Å². The number of carbonyl (C=O) groups excluding carboxylic acids is 2. The highest BCUT2D eigenvalue weighted by Gasteiger charge is 2.25. The Kier molecular flexibility index (Phi) is 7.10. The van der Waals surface area contributed by atoms with Gasteiger partial charge < -0.3 is 23.7 Å². The molecular formula is C25H26FN3O5. The minimum atomic E-state index is -0.320. The van der Waals surface area contributed by atoms with Gasteiger partial charge in [0, 0.05) is 50.1 Å². The van der Waals surface area contributed by atoms with E-state index in [9.17, 15) is 14.0 Å². The number of ether oxygens (including phenoxy) is 2. The minimum absolute atomic E-state index is 0.0141. The van der Waals surface area contributed by atoms with Gasteiger partial charge in [0.2, 0.25) is 5.91 Å². The average Bonchev–Trinajstić information content (AvgIpc) is 3.36. The van der Waals surface area contributed by atoms with Crippen molar-refractivity contribution >= 4 is 11.8 Å². The second-order valence-corrected chi connectivity index (χ2v) is 7.87. The van der Waals surface area contributed by atoms with E-state index in [1.165, 1.54) is 19.2 Å². The van der Waals surface area contributed by atoms with E-state index in [1.807, 2.05) is 0 Å². The molecule has 0 atom stereocenters. The average molecular weight is 467 g/mol. The Bertz CT molecular complexity index is 1150. The van der Waals surface area contributed by atoms with Gasteiger partial charge in [-0.2, -0.15) is 0 Å². The molecule has 2 heterocycles. The van der Waals surface area contributed by atoms with Crippen molar-refractivity contribution in [3.63, 3.8) is 0 Å². The first-order valence-corrected chi connectivity index (χ1v) is 11.0. The van der Waals surface area contributed by atoms with Gasteiger partial charge in [-0.15, -0.1) is 0 Å². The molecule has 34 heavy (non-hydrogen) atoms. The summed E-state index contributed by atoms with van der Waals surface area (Å²) in [6, 6.07) is 11.0. The largest absolute Gasteiger partial charge is 0.493 e. The summed E-state index contributed by atoms with van der Waals surface area (Å²) >= 11 is 0. The van der Waals surface area contributed by atoms with Crippen LogP contribution in [-0.2, 0) is 11.2 Å². The maximum Gasteiger partial charge on any atom is 0.254 e. The third kappa shape index (κ3) is 5.19. The standard InChI is InChI=1S/C25H26FN3O5/c1-32-20-8-5-18(15-21(20)33-2)25(31)29-13-11-28(12-14-29)24(30)10-9-23-27-16-22(34-23)17-3-6-19(26)7-4-17/h3-8,15-16H,9-14H2,1-2H3. The highest BCUT2D eigenvalue weighted by molar-refractivity contribution is 5.95. The van der Waals surface area contributed by atoms with Crippen LogP contribution in [0.4, 0.5) is 4.39 Å². The molecule has 0 N–H and O–H groups in total. The molecule has 9 heteroatoms. The highest BCUT2D eigenvalue weighted by atomic mass is 19.1. The number of amides is 2. The SMILES string of the molecule is COc1ccc(C(=O)N2CCN(C(=O)CCc3ncc(-c4ccc(F)cc4)o3)CC2)cc1OC. The first kappa shape index (κ1) is 23.3. The third-order valence-electron chi connectivity index (χ3n) is 5.79. The molecule has 3 aromatic rings. The summed E-state index contributed by atoms with van der Waals surface area (Å²) in [7, 11) is 3.07. The van der Waals surface area contributed by atoms with Crippen molar-refractivity contribution in [1.29, 1.82) is 0 Å². The molecular weight excluding hydrogens is 441 g/mol. The quantitative estimate of drug-likeness (QED) is 0.530. The van der Waals surface area contributed by atoms with Crippen LogP contribution in [0.2, 0.25) is 0 Å². The second kappa shape index (κ2) is 10.4. The van der Waals surface area contributed by atoms with E-state index >= 15 is 0 Å². The van der Waals surface area contributed by atoms with Crippen LogP contribution in [0.15, 0.2) is 53.1 Å². The number of methoxy groups -OCH3 is 2. The lowest BCUT2D eigenvalue weighted by Gasteiger charge is -2.35. The molecule has 1 aliphatic heterocycles. The van der Waals surface area contributed by atoms with E-state index in [1.54, 1.807) is 53.4 Å². The Labute approximate surface area is 196 Å². The number of piperazine rings is 1. The summed E-state index contributed by atoms with van der Waals surface area (Å²) < 4.78 is 29.3. The Balaban J connectivity index is 1.28. The van der Waals surface area contributed by atoms with Crippen LogP contribution in [0, 0.1) is 5.82 Å². The molecule has 1 aromatic heterocycles. The van der Waals surface area contributed by atoms with Crippen LogP contribution >= 0.6 is 0 Å². The molecule has 0 bridgehead atoms. The summed E-state index contributed by atoms with van der Waals surface area (Å²) in [5, 5.41) is 0. The number of carbonyl (C=O) groups is 2. The lowest BCUT2D eigenvalue weighted by atomic mass is 10.1. The number of hydrogen-bond donors (Lipinski definition) is 0.